The molecule has 1 aromatic heterocycles. The van der Waals surface area contributed by atoms with E-state index in [1.807, 2.05) is 51.1 Å². The molecule has 0 radical (unpaired) electrons. The molecule has 3 amide bonds. The number of hydrogen-bond donors (Lipinski definition) is 5. The van der Waals surface area contributed by atoms with Gasteiger partial charge in [0, 0.05) is 44.9 Å². The number of nitrogens with zero attached hydrogens (tertiary/aromatic N) is 2. The summed E-state index contributed by atoms with van der Waals surface area (Å²) in [5, 5.41) is 27.9. The van der Waals surface area contributed by atoms with Crippen molar-refractivity contribution in [2.24, 2.45) is 11.8 Å². The number of rotatable bonds is 19. The molecule has 0 unspecified atom stereocenters. The van der Waals surface area contributed by atoms with E-state index in [0.717, 1.165) is 31.2 Å². The normalized spacial score (nSPS) is 16.9. The van der Waals surface area contributed by atoms with Crippen molar-refractivity contribution in [3.63, 3.8) is 0 Å². The second-order valence-corrected chi connectivity index (χ2v) is 13.1. The number of hydrogen-bond acceptors (Lipinski definition) is 8. The Morgan fingerprint density at radius 1 is 1.04 bits per heavy atom. The summed E-state index contributed by atoms with van der Waals surface area (Å²) in [6.45, 7) is 6.92. The van der Waals surface area contributed by atoms with E-state index in [2.05, 4.69) is 20.6 Å². The number of nitrogens with one attached hydrogen (secondary N) is 3. The van der Waals surface area contributed by atoms with E-state index in [1.165, 1.54) is 17.6 Å². The van der Waals surface area contributed by atoms with Crippen LogP contribution >= 0.6 is 0 Å². The lowest BCUT2D eigenvalue weighted by atomic mass is 9.82. The van der Waals surface area contributed by atoms with Crippen LogP contribution in [0.1, 0.15) is 77.0 Å². The maximum absolute atomic E-state index is 14.0. The van der Waals surface area contributed by atoms with Crippen molar-refractivity contribution in [3.8, 4) is 0 Å². The Morgan fingerprint density at radius 2 is 1.77 bits per heavy atom. The van der Waals surface area contributed by atoms with Gasteiger partial charge in [-0.1, -0.05) is 76.3 Å². The molecule has 262 valence electrons. The van der Waals surface area contributed by atoms with Crippen LogP contribution in [-0.2, 0) is 31.9 Å². The molecule has 2 aromatic rings. The number of aromatic amines is 1. The highest BCUT2D eigenvalue weighted by atomic mass is 16.6. The molecule has 1 heterocycles. The van der Waals surface area contributed by atoms with Gasteiger partial charge in [0.2, 0.25) is 5.91 Å². The Balaban J connectivity index is 1.82. The van der Waals surface area contributed by atoms with Crippen molar-refractivity contribution in [2.75, 3.05) is 26.8 Å². The molecular formula is C35H55N5O7. The standard InChI is InChI=1S/C35H55N5O7/c1-5-46-17-16-40(4)35(45)47-31(20-26-14-10-7-11-15-26)34(44)39-29(21-27-22-36-23-37-27)33(43)38-28(19-25-12-8-6-9-13-25)32(42)30(41)18-24(2)3/h7,10-11,14-15,22-25,28-32,41-42H,5-6,8-9,12-13,16-21H2,1-4H3,(H,36,37)(H,38,43)(H,39,44)/t28-,29-,30-,31-,32+/m0/s1. The van der Waals surface area contributed by atoms with E-state index in [-0.39, 0.29) is 25.3 Å². The van der Waals surface area contributed by atoms with Gasteiger partial charge in [-0.3, -0.25) is 9.59 Å². The van der Waals surface area contributed by atoms with Gasteiger partial charge in [0.15, 0.2) is 6.10 Å². The van der Waals surface area contributed by atoms with Crippen LogP contribution in [0.2, 0.25) is 0 Å². The van der Waals surface area contributed by atoms with Crippen molar-refractivity contribution in [2.45, 2.75) is 109 Å². The third kappa shape index (κ3) is 13.3. The van der Waals surface area contributed by atoms with Crippen molar-refractivity contribution in [3.05, 3.63) is 54.1 Å². The number of aromatic nitrogens is 2. The van der Waals surface area contributed by atoms with Gasteiger partial charge < -0.3 is 40.2 Å². The Bertz CT molecular complexity index is 1190. The van der Waals surface area contributed by atoms with Gasteiger partial charge >= 0.3 is 6.09 Å². The minimum Gasteiger partial charge on any atom is -0.436 e. The first-order valence-electron chi connectivity index (χ1n) is 17.0. The molecule has 1 saturated carbocycles. The van der Waals surface area contributed by atoms with E-state index in [0.29, 0.717) is 37.7 Å². The number of H-pyrrole nitrogens is 1. The van der Waals surface area contributed by atoms with Gasteiger partial charge in [-0.05, 0) is 37.2 Å². The number of aliphatic hydroxyl groups excluding tert-OH is 2. The van der Waals surface area contributed by atoms with Crippen molar-refractivity contribution < 1.29 is 34.1 Å². The Morgan fingerprint density at radius 3 is 2.40 bits per heavy atom. The number of benzene rings is 1. The monoisotopic (exact) mass is 657 g/mol. The van der Waals surface area contributed by atoms with Crippen LogP contribution in [0.4, 0.5) is 4.79 Å². The number of imidazole rings is 1. The van der Waals surface area contributed by atoms with Crippen LogP contribution in [0.15, 0.2) is 42.9 Å². The summed E-state index contributed by atoms with van der Waals surface area (Å²) >= 11 is 0. The average Bonchev–Trinajstić information content (AvgIpc) is 3.57. The summed E-state index contributed by atoms with van der Waals surface area (Å²) in [6.07, 6.45) is 5.40. The minimum absolute atomic E-state index is 0.0820. The molecule has 1 aliphatic rings. The topological polar surface area (TPSA) is 166 Å². The Labute approximate surface area is 279 Å². The first-order chi connectivity index (χ1) is 22.6. The number of carbonyl (C=O) groups is 3. The average molecular weight is 658 g/mol. The van der Waals surface area contributed by atoms with Crippen LogP contribution in [0, 0.1) is 11.8 Å². The molecule has 0 saturated heterocycles. The zero-order valence-electron chi connectivity index (χ0n) is 28.4. The summed E-state index contributed by atoms with van der Waals surface area (Å²) in [4.78, 5) is 49.2. The van der Waals surface area contributed by atoms with E-state index in [4.69, 9.17) is 9.47 Å². The fourth-order valence-electron chi connectivity index (χ4n) is 5.99. The fourth-order valence-corrected chi connectivity index (χ4v) is 5.99. The second-order valence-electron chi connectivity index (χ2n) is 13.1. The minimum atomic E-state index is -1.23. The summed E-state index contributed by atoms with van der Waals surface area (Å²) in [5.74, 6) is -0.682. The molecule has 1 aliphatic carbocycles. The molecule has 0 aliphatic heterocycles. The zero-order chi connectivity index (χ0) is 34.2. The maximum Gasteiger partial charge on any atom is 0.410 e. The van der Waals surface area contributed by atoms with Gasteiger partial charge in [0.25, 0.3) is 5.91 Å². The van der Waals surface area contributed by atoms with Crippen LogP contribution in [0.25, 0.3) is 0 Å². The number of aliphatic hydroxyl groups is 2. The number of ether oxygens (including phenoxy) is 2. The molecule has 0 bridgehead atoms. The van der Waals surface area contributed by atoms with E-state index in [1.54, 1.807) is 13.2 Å². The second kappa shape index (κ2) is 20.0. The fraction of sp³-hybridized carbons (Fsp3) is 0.657. The molecule has 12 nitrogen and oxygen atoms in total. The van der Waals surface area contributed by atoms with Crippen LogP contribution in [0.5, 0.6) is 0 Å². The Kier molecular flexibility index (Phi) is 16.2. The van der Waals surface area contributed by atoms with Crippen LogP contribution in [0.3, 0.4) is 0 Å². The van der Waals surface area contributed by atoms with Gasteiger partial charge in [-0.2, -0.15) is 0 Å². The molecule has 3 rings (SSSR count). The first-order valence-corrected chi connectivity index (χ1v) is 17.0. The quantitative estimate of drug-likeness (QED) is 0.144. The van der Waals surface area contributed by atoms with E-state index >= 15 is 0 Å². The van der Waals surface area contributed by atoms with E-state index in [9.17, 15) is 24.6 Å². The lowest BCUT2D eigenvalue weighted by molar-refractivity contribution is -0.135. The van der Waals surface area contributed by atoms with Crippen LogP contribution in [-0.4, -0.2) is 100 Å². The maximum atomic E-state index is 14.0. The molecule has 5 N–H and O–H groups in total. The predicted octanol–water partition coefficient (Wildman–Crippen LogP) is 3.38. The summed E-state index contributed by atoms with van der Waals surface area (Å²) in [6, 6.07) is 7.40. The predicted molar refractivity (Wildman–Crippen MR) is 178 cm³/mol. The molecule has 47 heavy (non-hydrogen) atoms. The molecule has 1 aromatic carbocycles. The lowest BCUT2D eigenvalue weighted by Gasteiger charge is -2.34. The van der Waals surface area contributed by atoms with Gasteiger partial charge in [0.05, 0.1) is 25.1 Å². The van der Waals surface area contributed by atoms with Crippen LogP contribution < -0.4 is 10.6 Å². The molecule has 0 spiro atoms. The lowest BCUT2D eigenvalue weighted by Crippen LogP contribution is -2.57. The Hall–Kier alpha value is -3.48. The number of likely N-dealkylation sites (N-methyl/N-ethyl adjacent to an activating group) is 1. The SMILES string of the molecule is CCOCCN(C)C(=O)O[C@@H](Cc1ccccc1)C(=O)N[C@@H](Cc1cnc[nH]1)C(=O)N[C@@H](CC1CCCCC1)[C@@H](O)[C@@H](O)CC(C)C. The highest BCUT2D eigenvalue weighted by Gasteiger charge is 2.35. The molecule has 1 fully saturated rings. The molecule has 12 heteroatoms. The third-order valence-corrected chi connectivity index (χ3v) is 8.66. The highest BCUT2D eigenvalue weighted by molar-refractivity contribution is 5.90. The largest absolute Gasteiger partial charge is 0.436 e. The summed E-state index contributed by atoms with van der Waals surface area (Å²) in [5.41, 5.74) is 1.39. The third-order valence-electron chi connectivity index (χ3n) is 8.66. The number of carbonyl (C=O) groups excluding carboxylic acids is 3. The van der Waals surface area contributed by atoms with Crippen molar-refractivity contribution in [1.82, 2.24) is 25.5 Å². The number of amides is 3. The van der Waals surface area contributed by atoms with Gasteiger partial charge in [-0.15, -0.1) is 0 Å². The molecular weight excluding hydrogens is 602 g/mol. The zero-order valence-corrected chi connectivity index (χ0v) is 28.4. The van der Waals surface area contributed by atoms with E-state index < -0.39 is 48.3 Å². The van der Waals surface area contributed by atoms with Gasteiger partial charge in [0.1, 0.15) is 12.1 Å². The summed E-state index contributed by atoms with van der Waals surface area (Å²) in [7, 11) is 1.57. The van der Waals surface area contributed by atoms with Crippen molar-refractivity contribution in [1.29, 1.82) is 0 Å². The first kappa shape index (κ1) is 38.0. The highest BCUT2D eigenvalue weighted by Crippen LogP contribution is 2.29. The van der Waals surface area contributed by atoms with Gasteiger partial charge in [-0.25, -0.2) is 9.78 Å². The molecule has 5 atom stereocenters. The smallest absolute Gasteiger partial charge is 0.410 e. The van der Waals surface area contributed by atoms with Crippen molar-refractivity contribution >= 4 is 17.9 Å². The summed E-state index contributed by atoms with van der Waals surface area (Å²) < 4.78 is 11.1.